The Bertz CT molecular complexity index is 209. The number of carboxylic acid groups (broad SMARTS) is 1. The number of hydrogen-bond donors (Lipinski definition) is 1. The SMILES string of the molecule is C=CCCOC1(C(=O)O)CCCSC1. The zero-order chi connectivity index (χ0) is 10.4. The molecule has 1 fully saturated rings. The second kappa shape index (κ2) is 5.41. The third-order valence-electron chi connectivity index (χ3n) is 2.29. The van der Waals surface area contributed by atoms with E-state index in [1.165, 1.54) is 0 Å². The van der Waals surface area contributed by atoms with E-state index >= 15 is 0 Å². The number of ether oxygens (including phenoxy) is 1. The summed E-state index contributed by atoms with van der Waals surface area (Å²) >= 11 is 1.66. The topological polar surface area (TPSA) is 46.5 Å². The van der Waals surface area contributed by atoms with E-state index in [9.17, 15) is 4.79 Å². The summed E-state index contributed by atoms with van der Waals surface area (Å²) < 4.78 is 5.48. The summed E-state index contributed by atoms with van der Waals surface area (Å²) in [5.74, 6) is 0.785. The molecule has 0 bridgehead atoms. The molecule has 14 heavy (non-hydrogen) atoms. The van der Waals surface area contributed by atoms with E-state index in [1.54, 1.807) is 17.8 Å². The lowest BCUT2D eigenvalue weighted by Gasteiger charge is -2.32. The first-order valence-electron chi connectivity index (χ1n) is 4.77. The molecular formula is C10H16O3S. The van der Waals surface area contributed by atoms with E-state index in [4.69, 9.17) is 9.84 Å². The zero-order valence-electron chi connectivity index (χ0n) is 8.20. The van der Waals surface area contributed by atoms with Crippen LogP contribution in [0.1, 0.15) is 19.3 Å². The van der Waals surface area contributed by atoms with Crippen LogP contribution in [0, 0.1) is 0 Å². The highest BCUT2D eigenvalue weighted by Gasteiger charge is 2.40. The molecule has 4 heteroatoms. The van der Waals surface area contributed by atoms with Crippen molar-refractivity contribution >= 4 is 17.7 Å². The summed E-state index contributed by atoms with van der Waals surface area (Å²) in [5, 5.41) is 9.12. The molecule has 0 aromatic carbocycles. The molecule has 1 heterocycles. The highest BCUT2D eigenvalue weighted by molar-refractivity contribution is 7.99. The lowest BCUT2D eigenvalue weighted by molar-refractivity contribution is -0.164. The summed E-state index contributed by atoms with van der Waals surface area (Å²) in [7, 11) is 0. The molecule has 1 unspecified atom stereocenters. The van der Waals surface area contributed by atoms with Crippen molar-refractivity contribution in [1.82, 2.24) is 0 Å². The van der Waals surface area contributed by atoms with E-state index in [0.29, 0.717) is 25.2 Å². The van der Waals surface area contributed by atoms with Gasteiger partial charge in [-0.2, -0.15) is 11.8 Å². The summed E-state index contributed by atoms with van der Waals surface area (Å²) in [6.07, 6.45) is 4.00. The number of rotatable bonds is 5. The normalized spacial score (nSPS) is 27.1. The van der Waals surface area contributed by atoms with Gasteiger partial charge < -0.3 is 9.84 Å². The van der Waals surface area contributed by atoms with Gasteiger partial charge in [0.15, 0.2) is 5.60 Å². The van der Waals surface area contributed by atoms with Crippen LogP contribution in [0.5, 0.6) is 0 Å². The molecule has 0 aromatic rings. The monoisotopic (exact) mass is 216 g/mol. The highest BCUT2D eigenvalue weighted by Crippen LogP contribution is 2.30. The number of aliphatic carboxylic acids is 1. The standard InChI is InChI=1S/C10H16O3S/c1-2-3-6-13-10(9(11)12)5-4-7-14-8-10/h2H,1,3-8H2,(H,11,12). The van der Waals surface area contributed by atoms with E-state index in [2.05, 4.69) is 6.58 Å². The Hall–Kier alpha value is -0.480. The van der Waals surface area contributed by atoms with Crippen molar-refractivity contribution in [2.75, 3.05) is 18.1 Å². The van der Waals surface area contributed by atoms with Crippen molar-refractivity contribution < 1.29 is 14.6 Å². The van der Waals surface area contributed by atoms with Gasteiger partial charge in [0.1, 0.15) is 0 Å². The summed E-state index contributed by atoms with van der Waals surface area (Å²) in [5.41, 5.74) is -0.939. The maximum absolute atomic E-state index is 11.1. The molecule has 1 N–H and O–H groups in total. The van der Waals surface area contributed by atoms with E-state index < -0.39 is 11.6 Å². The summed E-state index contributed by atoms with van der Waals surface area (Å²) in [6.45, 7) is 4.03. The zero-order valence-corrected chi connectivity index (χ0v) is 9.02. The fourth-order valence-corrected chi connectivity index (χ4v) is 2.62. The van der Waals surface area contributed by atoms with Crippen LogP contribution in [-0.2, 0) is 9.53 Å². The van der Waals surface area contributed by atoms with Gasteiger partial charge in [0.05, 0.1) is 6.61 Å². The highest BCUT2D eigenvalue weighted by atomic mass is 32.2. The van der Waals surface area contributed by atoms with Crippen LogP contribution in [-0.4, -0.2) is 34.8 Å². The molecule has 1 saturated heterocycles. The van der Waals surface area contributed by atoms with Crippen molar-refractivity contribution in [2.45, 2.75) is 24.9 Å². The number of carbonyl (C=O) groups is 1. The first-order chi connectivity index (χ1) is 6.71. The fourth-order valence-electron chi connectivity index (χ4n) is 1.45. The Morgan fingerprint density at radius 1 is 1.71 bits per heavy atom. The van der Waals surface area contributed by atoms with Gasteiger partial charge in [0.25, 0.3) is 0 Å². The largest absolute Gasteiger partial charge is 0.479 e. The molecular weight excluding hydrogens is 200 g/mol. The van der Waals surface area contributed by atoms with Gasteiger partial charge in [0, 0.05) is 5.75 Å². The maximum Gasteiger partial charge on any atom is 0.336 e. The van der Waals surface area contributed by atoms with Gasteiger partial charge in [-0.1, -0.05) is 6.08 Å². The average Bonchev–Trinajstić information content (AvgIpc) is 2.19. The van der Waals surface area contributed by atoms with Gasteiger partial charge in [0.2, 0.25) is 0 Å². The van der Waals surface area contributed by atoms with Crippen molar-refractivity contribution in [3.8, 4) is 0 Å². The number of carboxylic acids is 1. The first kappa shape index (κ1) is 11.6. The summed E-state index contributed by atoms with van der Waals surface area (Å²) in [6, 6.07) is 0. The molecule has 0 saturated carbocycles. The molecule has 3 nitrogen and oxygen atoms in total. The molecule has 0 spiro atoms. The molecule has 1 atom stereocenters. The average molecular weight is 216 g/mol. The third kappa shape index (κ3) is 2.75. The molecule has 1 aliphatic rings. The Kier molecular flexibility index (Phi) is 4.48. The third-order valence-corrected chi connectivity index (χ3v) is 3.54. The smallest absolute Gasteiger partial charge is 0.336 e. The van der Waals surface area contributed by atoms with Crippen LogP contribution in [0.25, 0.3) is 0 Å². The molecule has 0 aliphatic carbocycles. The molecule has 1 aliphatic heterocycles. The quantitative estimate of drug-likeness (QED) is 0.563. The van der Waals surface area contributed by atoms with Gasteiger partial charge in [-0.05, 0) is 25.0 Å². The minimum atomic E-state index is -0.939. The van der Waals surface area contributed by atoms with Gasteiger partial charge in [-0.25, -0.2) is 4.79 Å². The Morgan fingerprint density at radius 2 is 2.50 bits per heavy atom. The molecule has 80 valence electrons. The van der Waals surface area contributed by atoms with Crippen LogP contribution in [0.2, 0.25) is 0 Å². The van der Waals surface area contributed by atoms with Crippen LogP contribution >= 0.6 is 11.8 Å². The second-order valence-corrected chi connectivity index (χ2v) is 4.49. The van der Waals surface area contributed by atoms with Crippen molar-refractivity contribution in [1.29, 1.82) is 0 Å². The van der Waals surface area contributed by atoms with Crippen LogP contribution in [0.4, 0.5) is 0 Å². The van der Waals surface area contributed by atoms with E-state index in [1.807, 2.05) is 0 Å². The van der Waals surface area contributed by atoms with E-state index in [0.717, 1.165) is 12.2 Å². The Labute approximate surface area is 88.5 Å². The van der Waals surface area contributed by atoms with Crippen molar-refractivity contribution in [3.63, 3.8) is 0 Å². The molecule has 0 aromatic heterocycles. The number of thioether (sulfide) groups is 1. The van der Waals surface area contributed by atoms with Crippen LogP contribution < -0.4 is 0 Å². The minimum Gasteiger partial charge on any atom is -0.479 e. The van der Waals surface area contributed by atoms with Crippen molar-refractivity contribution in [3.05, 3.63) is 12.7 Å². The second-order valence-electron chi connectivity index (χ2n) is 3.38. The molecule has 0 radical (unpaired) electrons. The van der Waals surface area contributed by atoms with Crippen LogP contribution in [0.15, 0.2) is 12.7 Å². The summed E-state index contributed by atoms with van der Waals surface area (Å²) in [4.78, 5) is 11.1. The minimum absolute atomic E-state index is 0.455. The number of hydrogen-bond acceptors (Lipinski definition) is 3. The fraction of sp³-hybridized carbons (Fsp3) is 0.700. The van der Waals surface area contributed by atoms with Gasteiger partial charge in [-0.15, -0.1) is 6.58 Å². The predicted molar refractivity (Wildman–Crippen MR) is 57.7 cm³/mol. The van der Waals surface area contributed by atoms with E-state index in [-0.39, 0.29) is 0 Å². The lowest BCUT2D eigenvalue weighted by Crippen LogP contribution is -2.46. The Morgan fingerprint density at radius 3 is 3.00 bits per heavy atom. The van der Waals surface area contributed by atoms with Crippen molar-refractivity contribution in [2.24, 2.45) is 0 Å². The molecule has 0 amide bonds. The van der Waals surface area contributed by atoms with Gasteiger partial charge in [-0.3, -0.25) is 0 Å². The Balaban J connectivity index is 2.51. The van der Waals surface area contributed by atoms with Gasteiger partial charge >= 0.3 is 5.97 Å². The lowest BCUT2D eigenvalue weighted by atomic mass is 10.00. The maximum atomic E-state index is 11.1. The van der Waals surface area contributed by atoms with Crippen LogP contribution in [0.3, 0.4) is 0 Å². The molecule has 1 rings (SSSR count). The predicted octanol–water partition coefficient (Wildman–Crippen LogP) is 1.93. The first-order valence-corrected chi connectivity index (χ1v) is 5.93.